The van der Waals surface area contributed by atoms with Crippen LogP contribution in [0.5, 0.6) is 0 Å². The number of hydrogen-bond acceptors (Lipinski definition) is 7. The molecule has 0 spiro atoms. The molecular weight excluding hydrogens is 362 g/mol. The average Bonchev–Trinajstić information content (AvgIpc) is 3.01. The van der Waals surface area contributed by atoms with Gasteiger partial charge in [-0.1, -0.05) is 0 Å². The fraction of sp³-hybridized carbons (Fsp3) is 0.895. The van der Waals surface area contributed by atoms with Crippen LogP contribution in [0, 0.1) is 0 Å². The summed E-state index contributed by atoms with van der Waals surface area (Å²) in [4.78, 5) is 34.1. The number of hydrogen-bond donors (Lipinski definition) is 1. The van der Waals surface area contributed by atoms with Gasteiger partial charge in [-0.2, -0.15) is 0 Å². The number of carbonyl (C=O) groups excluding carboxylic acids is 1. The second kappa shape index (κ2) is 10.4. The lowest BCUT2D eigenvalue weighted by Gasteiger charge is -2.35. The number of carboxylic acids is 1. The van der Waals surface area contributed by atoms with Crippen LogP contribution in [-0.2, 0) is 9.53 Å². The van der Waals surface area contributed by atoms with E-state index in [1.54, 1.807) is 0 Å². The predicted molar refractivity (Wildman–Crippen MR) is 106 cm³/mol. The molecule has 9 nitrogen and oxygen atoms in total. The van der Waals surface area contributed by atoms with Crippen molar-refractivity contribution in [2.75, 3.05) is 92.1 Å². The molecule has 1 atom stereocenters. The van der Waals surface area contributed by atoms with Crippen molar-refractivity contribution in [2.24, 2.45) is 0 Å². The van der Waals surface area contributed by atoms with Crippen molar-refractivity contribution in [3.63, 3.8) is 0 Å². The highest BCUT2D eigenvalue weighted by molar-refractivity contribution is 5.69. The smallest absolute Gasteiger partial charge is 0.410 e. The fourth-order valence-corrected chi connectivity index (χ4v) is 4.12. The first-order valence-corrected chi connectivity index (χ1v) is 10.5. The van der Waals surface area contributed by atoms with Crippen LogP contribution in [0.25, 0.3) is 0 Å². The number of carboxylic acid groups (broad SMARTS) is 1. The Morgan fingerprint density at radius 1 is 0.964 bits per heavy atom. The molecule has 3 heterocycles. The zero-order valence-electron chi connectivity index (χ0n) is 17.1. The highest BCUT2D eigenvalue weighted by Gasteiger charge is 2.33. The second-order valence-electron chi connectivity index (χ2n) is 8.24. The summed E-state index contributed by atoms with van der Waals surface area (Å²) in [7, 11) is 2.15. The third-order valence-corrected chi connectivity index (χ3v) is 6.02. The van der Waals surface area contributed by atoms with Crippen LogP contribution < -0.4 is 0 Å². The van der Waals surface area contributed by atoms with Gasteiger partial charge in [0.1, 0.15) is 6.10 Å². The Balaban J connectivity index is 1.31. The van der Waals surface area contributed by atoms with Crippen LogP contribution in [0.3, 0.4) is 0 Å². The van der Waals surface area contributed by atoms with E-state index < -0.39 is 5.97 Å². The number of nitrogens with zero attached hydrogens (tertiary/aromatic N) is 5. The first-order chi connectivity index (χ1) is 13.5. The molecule has 160 valence electrons. The van der Waals surface area contributed by atoms with Gasteiger partial charge in [0.25, 0.3) is 0 Å². The van der Waals surface area contributed by atoms with E-state index in [1.165, 1.54) is 0 Å². The van der Waals surface area contributed by atoms with Crippen molar-refractivity contribution in [1.82, 2.24) is 24.5 Å². The molecule has 3 saturated heterocycles. The van der Waals surface area contributed by atoms with E-state index in [9.17, 15) is 9.59 Å². The molecular formula is C19H35N5O4. The molecule has 0 aromatic heterocycles. The highest BCUT2D eigenvalue weighted by atomic mass is 16.6. The lowest BCUT2D eigenvalue weighted by molar-refractivity contribution is -0.137. The van der Waals surface area contributed by atoms with Gasteiger partial charge in [0.15, 0.2) is 0 Å². The normalized spacial score (nSPS) is 26.0. The van der Waals surface area contributed by atoms with Gasteiger partial charge in [-0.3, -0.25) is 14.6 Å². The first-order valence-electron chi connectivity index (χ1n) is 10.5. The summed E-state index contributed by atoms with van der Waals surface area (Å²) in [5.41, 5.74) is 0. The van der Waals surface area contributed by atoms with E-state index in [-0.39, 0.29) is 18.6 Å². The van der Waals surface area contributed by atoms with Crippen LogP contribution in [0.1, 0.15) is 12.8 Å². The summed E-state index contributed by atoms with van der Waals surface area (Å²) in [5, 5.41) is 8.73. The molecule has 3 fully saturated rings. The van der Waals surface area contributed by atoms with Gasteiger partial charge >= 0.3 is 12.1 Å². The number of likely N-dealkylation sites (N-methyl/N-ethyl adjacent to an activating group) is 1. The van der Waals surface area contributed by atoms with Crippen molar-refractivity contribution in [1.29, 1.82) is 0 Å². The number of aliphatic carboxylic acids is 1. The average molecular weight is 398 g/mol. The number of rotatable bonds is 9. The van der Waals surface area contributed by atoms with Crippen LogP contribution >= 0.6 is 0 Å². The van der Waals surface area contributed by atoms with E-state index in [0.29, 0.717) is 13.0 Å². The quantitative estimate of drug-likeness (QED) is 0.560. The molecule has 0 bridgehead atoms. The van der Waals surface area contributed by atoms with E-state index in [2.05, 4.69) is 26.6 Å². The molecule has 28 heavy (non-hydrogen) atoms. The second-order valence-corrected chi connectivity index (χ2v) is 8.24. The Morgan fingerprint density at radius 2 is 1.57 bits per heavy atom. The Hall–Kier alpha value is -1.42. The number of amides is 1. The molecule has 1 N–H and O–H groups in total. The Labute approximate surface area is 167 Å². The molecule has 0 saturated carbocycles. The van der Waals surface area contributed by atoms with Crippen molar-refractivity contribution in [3.05, 3.63) is 0 Å². The zero-order valence-corrected chi connectivity index (χ0v) is 17.1. The SMILES string of the molecule is CN1CCN(CCN2CC(CN3CCN(CCCC(=O)O)CC3)OC2=O)CC1. The molecule has 0 aromatic carbocycles. The number of carbonyl (C=O) groups is 2. The summed E-state index contributed by atoms with van der Waals surface area (Å²) in [5.74, 6) is -0.723. The van der Waals surface area contributed by atoms with Crippen LogP contribution in [0.15, 0.2) is 0 Å². The number of ether oxygens (including phenoxy) is 1. The van der Waals surface area contributed by atoms with Crippen LogP contribution in [-0.4, -0.2) is 140 Å². The van der Waals surface area contributed by atoms with Crippen LogP contribution in [0.2, 0.25) is 0 Å². The van der Waals surface area contributed by atoms with Gasteiger partial charge < -0.3 is 24.5 Å². The largest absolute Gasteiger partial charge is 0.481 e. The summed E-state index contributed by atoms with van der Waals surface area (Å²) >= 11 is 0. The van der Waals surface area contributed by atoms with Crippen molar-refractivity contribution in [2.45, 2.75) is 18.9 Å². The van der Waals surface area contributed by atoms with E-state index in [4.69, 9.17) is 9.84 Å². The predicted octanol–water partition coefficient (Wildman–Crippen LogP) is -0.463. The van der Waals surface area contributed by atoms with Gasteiger partial charge in [0.05, 0.1) is 6.54 Å². The summed E-state index contributed by atoms with van der Waals surface area (Å²) in [6.07, 6.45) is 0.727. The molecule has 3 aliphatic heterocycles. The van der Waals surface area contributed by atoms with E-state index in [0.717, 1.165) is 78.5 Å². The van der Waals surface area contributed by atoms with Crippen molar-refractivity contribution >= 4 is 12.1 Å². The topological polar surface area (TPSA) is 79.8 Å². The Morgan fingerprint density at radius 3 is 2.25 bits per heavy atom. The van der Waals surface area contributed by atoms with Crippen molar-refractivity contribution < 1.29 is 19.4 Å². The lowest BCUT2D eigenvalue weighted by atomic mass is 10.2. The van der Waals surface area contributed by atoms with Gasteiger partial charge in [-0.25, -0.2) is 4.79 Å². The standard InChI is InChI=1S/C19H35N5O4/c1-20-5-7-22(8-6-20)13-14-24-16-17(28-19(24)27)15-23-11-9-21(10-12-23)4-2-3-18(25)26/h17H,2-16H2,1H3,(H,25,26). The molecule has 9 heteroatoms. The van der Waals surface area contributed by atoms with E-state index in [1.807, 2.05) is 4.90 Å². The van der Waals surface area contributed by atoms with Crippen LogP contribution in [0.4, 0.5) is 4.79 Å². The Kier molecular flexibility index (Phi) is 7.90. The monoisotopic (exact) mass is 397 g/mol. The maximum Gasteiger partial charge on any atom is 0.410 e. The molecule has 3 rings (SSSR count). The van der Waals surface area contributed by atoms with Gasteiger partial charge in [-0.05, 0) is 20.0 Å². The number of piperazine rings is 2. The fourth-order valence-electron chi connectivity index (χ4n) is 4.12. The molecule has 0 aromatic rings. The maximum absolute atomic E-state index is 12.2. The maximum atomic E-state index is 12.2. The third kappa shape index (κ3) is 6.58. The van der Waals surface area contributed by atoms with Gasteiger partial charge in [0, 0.05) is 78.4 Å². The van der Waals surface area contributed by atoms with Gasteiger partial charge in [-0.15, -0.1) is 0 Å². The zero-order chi connectivity index (χ0) is 19.9. The molecule has 1 amide bonds. The lowest BCUT2D eigenvalue weighted by Crippen LogP contribution is -2.49. The minimum absolute atomic E-state index is 0.0430. The number of cyclic esters (lactones) is 1. The highest BCUT2D eigenvalue weighted by Crippen LogP contribution is 2.14. The summed E-state index contributed by atoms with van der Waals surface area (Å²) < 4.78 is 5.59. The first kappa shape index (κ1) is 21.3. The van der Waals surface area contributed by atoms with Crippen molar-refractivity contribution in [3.8, 4) is 0 Å². The summed E-state index contributed by atoms with van der Waals surface area (Å²) in [6.45, 7) is 12.1. The minimum Gasteiger partial charge on any atom is -0.481 e. The molecule has 1 unspecified atom stereocenters. The molecule has 3 aliphatic rings. The Bertz CT molecular complexity index is 518. The summed E-state index contributed by atoms with van der Waals surface area (Å²) in [6, 6.07) is 0. The minimum atomic E-state index is -0.723. The third-order valence-electron chi connectivity index (χ3n) is 6.02. The van der Waals surface area contributed by atoms with Gasteiger partial charge in [0.2, 0.25) is 0 Å². The molecule has 0 aliphatic carbocycles. The van der Waals surface area contributed by atoms with E-state index >= 15 is 0 Å². The molecule has 0 radical (unpaired) electrons.